The number of thiazole rings is 1. The summed E-state index contributed by atoms with van der Waals surface area (Å²) in [4.78, 5) is 7.43. The van der Waals surface area contributed by atoms with Gasteiger partial charge in [-0.25, -0.2) is 4.98 Å². The van der Waals surface area contributed by atoms with E-state index in [4.69, 9.17) is 9.72 Å². The third-order valence-electron chi connectivity index (χ3n) is 4.69. The molecule has 23 heavy (non-hydrogen) atoms. The molecule has 0 bridgehead atoms. The highest BCUT2D eigenvalue weighted by atomic mass is 35.5. The van der Waals surface area contributed by atoms with Crippen LogP contribution in [-0.4, -0.2) is 49.2 Å². The highest BCUT2D eigenvalue weighted by Crippen LogP contribution is 2.30. The van der Waals surface area contributed by atoms with Crippen LogP contribution in [0.4, 0.5) is 0 Å². The quantitative estimate of drug-likeness (QED) is 0.899. The fraction of sp³-hybridized carbons (Fsp3) is 0.824. The first kappa shape index (κ1) is 19.1. The van der Waals surface area contributed by atoms with E-state index in [-0.39, 0.29) is 23.9 Å². The molecule has 0 aliphatic carbocycles. The minimum Gasteiger partial charge on any atom is -0.368 e. The molecule has 3 rings (SSSR count). The fourth-order valence-electron chi connectivity index (χ4n) is 3.23. The third kappa shape index (κ3) is 5.13. The second-order valence-corrected chi connectivity index (χ2v) is 8.52. The molecule has 0 radical (unpaired) electrons. The molecule has 132 valence electrons. The molecule has 2 saturated heterocycles. The van der Waals surface area contributed by atoms with E-state index in [2.05, 4.69) is 36.4 Å². The van der Waals surface area contributed by atoms with E-state index in [0.717, 1.165) is 30.6 Å². The van der Waals surface area contributed by atoms with E-state index < -0.39 is 0 Å². The SMILES string of the molecule is CC(C)(C)c1csc(C2CN(CC3CCNCC3)CCO2)n1.Cl. The van der Waals surface area contributed by atoms with Crippen LogP contribution in [0.5, 0.6) is 0 Å². The fourth-order valence-corrected chi connectivity index (χ4v) is 4.31. The summed E-state index contributed by atoms with van der Waals surface area (Å²) >= 11 is 1.76. The number of hydrogen-bond acceptors (Lipinski definition) is 5. The van der Waals surface area contributed by atoms with E-state index >= 15 is 0 Å². The lowest BCUT2D eigenvalue weighted by atomic mass is 9.93. The molecular formula is C17H30ClN3OS. The molecule has 1 aromatic rings. The Labute approximate surface area is 150 Å². The number of rotatable bonds is 3. The van der Waals surface area contributed by atoms with E-state index in [1.165, 1.54) is 38.2 Å². The molecular weight excluding hydrogens is 330 g/mol. The zero-order chi connectivity index (χ0) is 15.6. The van der Waals surface area contributed by atoms with Crippen molar-refractivity contribution in [1.29, 1.82) is 0 Å². The third-order valence-corrected chi connectivity index (χ3v) is 5.63. The highest BCUT2D eigenvalue weighted by Gasteiger charge is 2.28. The van der Waals surface area contributed by atoms with Crippen LogP contribution >= 0.6 is 23.7 Å². The molecule has 0 aromatic carbocycles. The predicted octanol–water partition coefficient (Wildman–Crippen LogP) is 3.24. The van der Waals surface area contributed by atoms with Crippen LogP contribution in [0.3, 0.4) is 0 Å². The zero-order valence-corrected chi connectivity index (χ0v) is 16.1. The van der Waals surface area contributed by atoms with Gasteiger partial charge in [-0.05, 0) is 31.8 Å². The molecule has 0 spiro atoms. The monoisotopic (exact) mass is 359 g/mol. The van der Waals surface area contributed by atoms with E-state index in [1.54, 1.807) is 11.3 Å². The van der Waals surface area contributed by atoms with Gasteiger partial charge in [-0.3, -0.25) is 4.90 Å². The first-order chi connectivity index (χ1) is 10.5. The standard InChI is InChI=1S/C17H29N3OS.ClH/c1-17(2,3)15-12-22-16(19-15)14-11-20(8-9-21-14)10-13-4-6-18-7-5-13;/h12-14,18H,4-11H2,1-3H3;1H. The van der Waals surface area contributed by atoms with Gasteiger partial charge in [-0.15, -0.1) is 23.7 Å². The summed E-state index contributed by atoms with van der Waals surface area (Å²) in [5.74, 6) is 0.849. The Kier molecular flexibility index (Phi) is 6.87. The Balaban J connectivity index is 0.00000192. The largest absolute Gasteiger partial charge is 0.368 e. The molecule has 4 nitrogen and oxygen atoms in total. The number of ether oxygens (including phenoxy) is 1. The van der Waals surface area contributed by atoms with Crippen LogP contribution in [0, 0.1) is 5.92 Å². The Morgan fingerprint density at radius 3 is 2.74 bits per heavy atom. The maximum absolute atomic E-state index is 6.00. The smallest absolute Gasteiger partial charge is 0.123 e. The summed E-state index contributed by atoms with van der Waals surface area (Å²) in [6, 6.07) is 0. The molecule has 1 N–H and O–H groups in total. The van der Waals surface area contributed by atoms with Crippen molar-refractivity contribution >= 4 is 23.7 Å². The van der Waals surface area contributed by atoms with Gasteiger partial charge in [0.05, 0.1) is 12.3 Å². The lowest BCUT2D eigenvalue weighted by Gasteiger charge is -2.35. The predicted molar refractivity (Wildman–Crippen MR) is 98.8 cm³/mol. The van der Waals surface area contributed by atoms with Crippen molar-refractivity contribution in [2.75, 3.05) is 39.3 Å². The second-order valence-electron chi connectivity index (χ2n) is 7.63. The molecule has 3 heterocycles. The highest BCUT2D eigenvalue weighted by molar-refractivity contribution is 7.09. The van der Waals surface area contributed by atoms with Gasteiger partial charge in [0.2, 0.25) is 0 Å². The molecule has 0 amide bonds. The van der Waals surface area contributed by atoms with Gasteiger partial charge in [-0.1, -0.05) is 20.8 Å². The van der Waals surface area contributed by atoms with E-state index in [0.29, 0.717) is 0 Å². The lowest BCUT2D eigenvalue weighted by Crippen LogP contribution is -2.43. The molecule has 6 heteroatoms. The van der Waals surface area contributed by atoms with Crippen LogP contribution in [0.25, 0.3) is 0 Å². The van der Waals surface area contributed by atoms with Crippen molar-refractivity contribution in [3.63, 3.8) is 0 Å². The molecule has 0 saturated carbocycles. The maximum Gasteiger partial charge on any atom is 0.123 e. The zero-order valence-electron chi connectivity index (χ0n) is 14.5. The van der Waals surface area contributed by atoms with E-state index in [9.17, 15) is 0 Å². The average molecular weight is 360 g/mol. The minimum absolute atomic E-state index is 0. The van der Waals surface area contributed by atoms with Crippen molar-refractivity contribution in [2.45, 2.75) is 45.1 Å². The first-order valence-electron chi connectivity index (χ1n) is 8.53. The molecule has 1 unspecified atom stereocenters. The molecule has 1 aromatic heterocycles. The van der Waals surface area contributed by atoms with Gasteiger partial charge in [0.15, 0.2) is 0 Å². The second kappa shape index (κ2) is 8.26. The molecule has 2 fully saturated rings. The van der Waals surface area contributed by atoms with Crippen molar-refractivity contribution in [1.82, 2.24) is 15.2 Å². The van der Waals surface area contributed by atoms with Crippen LogP contribution in [0.15, 0.2) is 5.38 Å². The maximum atomic E-state index is 6.00. The summed E-state index contributed by atoms with van der Waals surface area (Å²) in [6.45, 7) is 13.1. The summed E-state index contributed by atoms with van der Waals surface area (Å²) < 4.78 is 6.00. The summed E-state index contributed by atoms with van der Waals surface area (Å²) in [5, 5.41) is 6.80. The Bertz CT molecular complexity index is 482. The topological polar surface area (TPSA) is 37.4 Å². The van der Waals surface area contributed by atoms with Gasteiger partial charge in [0.1, 0.15) is 11.1 Å². The summed E-state index contributed by atoms with van der Waals surface area (Å²) in [5.41, 5.74) is 1.31. The Morgan fingerprint density at radius 1 is 1.35 bits per heavy atom. The Hall–Kier alpha value is -0.200. The number of aromatic nitrogens is 1. The molecule has 1 atom stereocenters. The number of nitrogens with zero attached hydrogens (tertiary/aromatic N) is 2. The molecule has 2 aliphatic heterocycles. The van der Waals surface area contributed by atoms with Crippen molar-refractivity contribution < 1.29 is 4.74 Å². The van der Waals surface area contributed by atoms with Crippen molar-refractivity contribution in [3.05, 3.63) is 16.1 Å². The first-order valence-corrected chi connectivity index (χ1v) is 9.41. The average Bonchev–Trinajstić information content (AvgIpc) is 2.99. The number of morpholine rings is 1. The van der Waals surface area contributed by atoms with Gasteiger partial charge in [0, 0.05) is 30.4 Å². The Morgan fingerprint density at radius 2 is 2.09 bits per heavy atom. The summed E-state index contributed by atoms with van der Waals surface area (Å²) in [7, 11) is 0. The van der Waals surface area contributed by atoms with Gasteiger partial charge in [0.25, 0.3) is 0 Å². The van der Waals surface area contributed by atoms with Crippen LogP contribution in [0.1, 0.15) is 50.4 Å². The number of piperidine rings is 1. The van der Waals surface area contributed by atoms with Crippen LogP contribution in [0.2, 0.25) is 0 Å². The van der Waals surface area contributed by atoms with Crippen LogP contribution in [-0.2, 0) is 10.2 Å². The molecule has 2 aliphatic rings. The number of halogens is 1. The lowest BCUT2D eigenvalue weighted by molar-refractivity contribution is -0.0358. The normalized spacial score (nSPS) is 24.4. The minimum atomic E-state index is 0. The number of nitrogens with one attached hydrogen (secondary N) is 1. The van der Waals surface area contributed by atoms with Crippen molar-refractivity contribution in [2.24, 2.45) is 5.92 Å². The van der Waals surface area contributed by atoms with Gasteiger partial charge >= 0.3 is 0 Å². The summed E-state index contributed by atoms with van der Waals surface area (Å²) in [6.07, 6.45) is 2.79. The van der Waals surface area contributed by atoms with Crippen molar-refractivity contribution in [3.8, 4) is 0 Å². The van der Waals surface area contributed by atoms with Gasteiger partial charge in [-0.2, -0.15) is 0 Å². The van der Waals surface area contributed by atoms with E-state index in [1.807, 2.05) is 0 Å². The van der Waals surface area contributed by atoms with Gasteiger partial charge < -0.3 is 10.1 Å². The number of hydrogen-bond donors (Lipinski definition) is 1. The van der Waals surface area contributed by atoms with Crippen LogP contribution < -0.4 is 5.32 Å².